The van der Waals surface area contributed by atoms with Crippen LogP contribution in [0.4, 0.5) is 0 Å². The van der Waals surface area contributed by atoms with Gasteiger partial charge in [-0.1, -0.05) is 40.5 Å². The topological polar surface area (TPSA) is 62.5 Å². The molecule has 2 heterocycles. The van der Waals surface area contributed by atoms with Crippen molar-refractivity contribution in [3.8, 4) is 11.5 Å². The zero-order valence-corrected chi connectivity index (χ0v) is 16.5. The molecule has 8 heteroatoms. The van der Waals surface area contributed by atoms with Gasteiger partial charge in [-0.2, -0.15) is 4.98 Å². The second-order valence-electron chi connectivity index (χ2n) is 6.60. The minimum Gasteiger partial charge on any atom is -0.336 e. The highest BCUT2D eigenvalue weighted by Gasteiger charge is 2.23. The van der Waals surface area contributed by atoms with Crippen molar-refractivity contribution in [2.45, 2.75) is 6.54 Å². The van der Waals surface area contributed by atoms with Crippen LogP contribution in [0.15, 0.2) is 53.1 Å². The van der Waals surface area contributed by atoms with Crippen molar-refractivity contribution in [1.82, 2.24) is 19.9 Å². The van der Waals surface area contributed by atoms with Crippen LogP contribution in [0, 0.1) is 0 Å². The number of rotatable bonds is 4. The van der Waals surface area contributed by atoms with Crippen LogP contribution in [0.1, 0.15) is 16.2 Å². The Kier molecular flexibility index (Phi) is 5.62. The lowest BCUT2D eigenvalue weighted by atomic mass is 10.2. The first-order valence-corrected chi connectivity index (χ1v) is 9.70. The summed E-state index contributed by atoms with van der Waals surface area (Å²) in [6.07, 6.45) is 0. The van der Waals surface area contributed by atoms with Crippen LogP contribution in [0.5, 0.6) is 0 Å². The Morgan fingerprint density at radius 1 is 1.00 bits per heavy atom. The van der Waals surface area contributed by atoms with Crippen molar-refractivity contribution in [1.29, 1.82) is 0 Å². The number of amides is 1. The molecule has 1 saturated heterocycles. The molecule has 0 aliphatic carbocycles. The van der Waals surface area contributed by atoms with Gasteiger partial charge in [-0.15, -0.1) is 0 Å². The summed E-state index contributed by atoms with van der Waals surface area (Å²) in [7, 11) is 0. The number of aromatic nitrogens is 2. The molecule has 0 N–H and O–H groups in total. The Morgan fingerprint density at radius 2 is 1.71 bits per heavy atom. The van der Waals surface area contributed by atoms with E-state index in [-0.39, 0.29) is 5.91 Å². The van der Waals surface area contributed by atoms with Crippen molar-refractivity contribution in [2.24, 2.45) is 0 Å². The summed E-state index contributed by atoms with van der Waals surface area (Å²) in [4.78, 5) is 21.1. The van der Waals surface area contributed by atoms with Crippen LogP contribution < -0.4 is 0 Å². The summed E-state index contributed by atoms with van der Waals surface area (Å²) in [6.45, 7) is 3.35. The second kappa shape index (κ2) is 8.31. The van der Waals surface area contributed by atoms with Gasteiger partial charge in [0.2, 0.25) is 0 Å². The molecule has 2 aromatic carbocycles. The molecular weight excluding hydrogens is 399 g/mol. The summed E-state index contributed by atoms with van der Waals surface area (Å²) in [5.41, 5.74) is 1.41. The average molecular weight is 417 g/mol. The molecule has 4 rings (SSSR count). The van der Waals surface area contributed by atoms with E-state index in [1.54, 1.807) is 36.4 Å². The van der Waals surface area contributed by atoms with Crippen LogP contribution in [0.2, 0.25) is 10.0 Å². The number of carbonyl (C=O) groups is 1. The van der Waals surface area contributed by atoms with Crippen molar-refractivity contribution < 1.29 is 9.32 Å². The average Bonchev–Trinajstić information content (AvgIpc) is 3.17. The number of carbonyl (C=O) groups excluding carboxylic acids is 1. The molecule has 0 radical (unpaired) electrons. The highest BCUT2D eigenvalue weighted by atomic mass is 35.5. The third-order valence-electron chi connectivity index (χ3n) is 4.64. The molecule has 0 atom stereocenters. The van der Waals surface area contributed by atoms with E-state index in [1.165, 1.54) is 0 Å². The minimum atomic E-state index is 0.00459. The Morgan fingerprint density at radius 3 is 2.43 bits per heavy atom. The van der Waals surface area contributed by atoms with Crippen LogP contribution in [0.3, 0.4) is 0 Å². The van der Waals surface area contributed by atoms with Crippen LogP contribution in [0.25, 0.3) is 11.5 Å². The molecule has 1 aromatic heterocycles. The van der Waals surface area contributed by atoms with Gasteiger partial charge in [-0.05, 0) is 36.4 Å². The van der Waals surface area contributed by atoms with Gasteiger partial charge < -0.3 is 9.42 Å². The molecule has 6 nitrogen and oxygen atoms in total. The van der Waals surface area contributed by atoms with Crippen molar-refractivity contribution in [3.05, 3.63) is 70.0 Å². The van der Waals surface area contributed by atoms with E-state index in [0.717, 1.165) is 18.7 Å². The third kappa shape index (κ3) is 4.35. The fourth-order valence-electron chi connectivity index (χ4n) is 3.17. The zero-order chi connectivity index (χ0) is 19.5. The molecule has 3 aromatic rings. The monoisotopic (exact) mass is 416 g/mol. The van der Waals surface area contributed by atoms with E-state index in [4.69, 9.17) is 27.7 Å². The standard InChI is InChI=1S/C20H18Cl2N4O2/c21-16-5-1-3-14(11-16)19-23-18(24-28-19)13-25-7-9-26(10-8-25)20(27)15-4-2-6-17(22)12-15/h1-6,11-12H,7-10,13H2. The molecule has 0 saturated carbocycles. The van der Waals surface area contributed by atoms with E-state index in [1.807, 2.05) is 17.0 Å². The lowest BCUT2D eigenvalue weighted by molar-refractivity contribution is 0.0624. The Balaban J connectivity index is 1.34. The maximum atomic E-state index is 12.6. The summed E-state index contributed by atoms with van der Waals surface area (Å²) in [5, 5.41) is 5.25. The summed E-state index contributed by atoms with van der Waals surface area (Å²) >= 11 is 12.0. The fourth-order valence-corrected chi connectivity index (χ4v) is 3.55. The second-order valence-corrected chi connectivity index (χ2v) is 7.48. The number of halogens is 2. The van der Waals surface area contributed by atoms with Crippen molar-refractivity contribution in [2.75, 3.05) is 26.2 Å². The maximum Gasteiger partial charge on any atom is 0.258 e. The molecule has 1 amide bonds. The van der Waals surface area contributed by atoms with E-state index < -0.39 is 0 Å². The number of hydrogen-bond acceptors (Lipinski definition) is 5. The van der Waals surface area contributed by atoms with Crippen molar-refractivity contribution in [3.63, 3.8) is 0 Å². The van der Waals surface area contributed by atoms with E-state index in [2.05, 4.69) is 15.0 Å². The molecule has 28 heavy (non-hydrogen) atoms. The molecule has 0 spiro atoms. The highest BCUT2D eigenvalue weighted by Crippen LogP contribution is 2.21. The molecule has 0 bridgehead atoms. The molecule has 1 aliphatic heterocycles. The summed E-state index contributed by atoms with van der Waals surface area (Å²) in [5.74, 6) is 1.07. The SMILES string of the molecule is O=C(c1cccc(Cl)c1)N1CCN(Cc2noc(-c3cccc(Cl)c3)n2)CC1. The smallest absolute Gasteiger partial charge is 0.258 e. The lowest BCUT2D eigenvalue weighted by Gasteiger charge is -2.34. The largest absolute Gasteiger partial charge is 0.336 e. The molecular formula is C20H18Cl2N4O2. The first kappa shape index (κ1) is 18.9. The van der Waals surface area contributed by atoms with Gasteiger partial charge in [-0.3, -0.25) is 9.69 Å². The summed E-state index contributed by atoms with van der Waals surface area (Å²) in [6, 6.07) is 14.4. The number of hydrogen-bond donors (Lipinski definition) is 0. The Hall–Kier alpha value is -2.41. The van der Waals surface area contributed by atoms with Gasteiger partial charge in [0.25, 0.3) is 11.8 Å². The molecule has 1 fully saturated rings. The lowest BCUT2D eigenvalue weighted by Crippen LogP contribution is -2.48. The first-order chi connectivity index (χ1) is 13.6. The van der Waals surface area contributed by atoms with E-state index in [9.17, 15) is 4.79 Å². The minimum absolute atomic E-state index is 0.00459. The van der Waals surface area contributed by atoms with Gasteiger partial charge >= 0.3 is 0 Å². The summed E-state index contributed by atoms with van der Waals surface area (Å²) < 4.78 is 5.35. The van der Waals surface area contributed by atoms with Crippen LogP contribution >= 0.6 is 23.2 Å². The van der Waals surface area contributed by atoms with Gasteiger partial charge in [0, 0.05) is 47.4 Å². The maximum absolute atomic E-state index is 12.6. The number of nitrogens with zero attached hydrogens (tertiary/aromatic N) is 4. The van der Waals surface area contributed by atoms with Crippen molar-refractivity contribution >= 4 is 29.1 Å². The van der Waals surface area contributed by atoms with E-state index in [0.29, 0.717) is 47.0 Å². The molecule has 144 valence electrons. The highest BCUT2D eigenvalue weighted by molar-refractivity contribution is 6.31. The Bertz CT molecular complexity index is 984. The quantitative estimate of drug-likeness (QED) is 0.642. The zero-order valence-electron chi connectivity index (χ0n) is 15.0. The molecule has 1 aliphatic rings. The number of piperazine rings is 1. The molecule has 0 unspecified atom stereocenters. The Labute approximate surface area is 172 Å². The van der Waals surface area contributed by atoms with Gasteiger partial charge in [0.1, 0.15) is 0 Å². The van der Waals surface area contributed by atoms with E-state index >= 15 is 0 Å². The van der Waals surface area contributed by atoms with Gasteiger partial charge in [-0.25, -0.2) is 0 Å². The predicted octanol–water partition coefficient (Wildman–Crippen LogP) is 4.00. The van der Waals surface area contributed by atoms with Gasteiger partial charge in [0.05, 0.1) is 6.54 Å². The first-order valence-electron chi connectivity index (χ1n) is 8.94. The van der Waals surface area contributed by atoms with Gasteiger partial charge in [0.15, 0.2) is 5.82 Å². The third-order valence-corrected chi connectivity index (χ3v) is 5.11. The fraction of sp³-hybridized carbons (Fsp3) is 0.250. The van der Waals surface area contributed by atoms with Crippen LogP contribution in [-0.4, -0.2) is 52.0 Å². The predicted molar refractivity (Wildman–Crippen MR) is 107 cm³/mol. The number of benzene rings is 2. The van der Waals surface area contributed by atoms with Crippen LogP contribution in [-0.2, 0) is 6.54 Å². The normalized spacial score (nSPS) is 15.0.